The number of hydrogen-bond donors (Lipinski definition) is 1. The third-order valence-electron chi connectivity index (χ3n) is 3.29. The number of carbonyl (C=O) groups excluding carboxylic acids is 1. The zero-order valence-electron chi connectivity index (χ0n) is 11.4. The van der Waals surface area contributed by atoms with Crippen LogP contribution in [-0.4, -0.2) is 13.0 Å². The van der Waals surface area contributed by atoms with Crippen LogP contribution in [0.4, 0.5) is 8.78 Å². The van der Waals surface area contributed by atoms with Gasteiger partial charge in [-0.05, 0) is 35.4 Å². The lowest BCUT2D eigenvalue weighted by molar-refractivity contribution is -0.120. The number of rotatable bonds is 4. The van der Waals surface area contributed by atoms with Crippen LogP contribution in [0.3, 0.4) is 0 Å². The number of nitrogens with one attached hydrogen (secondary N) is 1. The van der Waals surface area contributed by atoms with Crippen LogP contribution in [0, 0.1) is 11.6 Å². The van der Waals surface area contributed by atoms with Crippen LogP contribution in [0.5, 0.6) is 0 Å². The van der Waals surface area contributed by atoms with Gasteiger partial charge in [-0.25, -0.2) is 8.78 Å². The van der Waals surface area contributed by atoms with Crippen molar-refractivity contribution in [2.24, 2.45) is 0 Å². The monoisotopic (exact) mass is 353 g/mol. The summed E-state index contributed by atoms with van der Waals surface area (Å²) in [6.45, 7) is 0. The lowest BCUT2D eigenvalue weighted by atomic mass is 9.88. The van der Waals surface area contributed by atoms with Crippen molar-refractivity contribution in [2.75, 3.05) is 7.05 Å². The van der Waals surface area contributed by atoms with Crippen LogP contribution in [0.1, 0.15) is 23.5 Å². The normalized spacial score (nSPS) is 12.0. The van der Waals surface area contributed by atoms with Crippen molar-refractivity contribution in [3.05, 3.63) is 69.7 Å². The fourth-order valence-corrected chi connectivity index (χ4v) is 2.40. The number of hydrogen-bond acceptors (Lipinski definition) is 1. The first-order valence-electron chi connectivity index (χ1n) is 6.42. The van der Waals surface area contributed by atoms with Gasteiger partial charge in [0.15, 0.2) is 11.6 Å². The Balaban J connectivity index is 2.41. The quantitative estimate of drug-likeness (QED) is 0.884. The average Bonchev–Trinajstić information content (AvgIpc) is 2.48. The molecule has 2 aromatic carbocycles. The summed E-state index contributed by atoms with van der Waals surface area (Å²) in [5.74, 6) is -2.29. The van der Waals surface area contributed by atoms with Gasteiger partial charge >= 0.3 is 0 Å². The van der Waals surface area contributed by atoms with Gasteiger partial charge in [0.2, 0.25) is 5.91 Å². The van der Waals surface area contributed by atoms with Crippen molar-refractivity contribution in [2.45, 2.75) is 12.3 Å². The second-order valence-corrected chi connectivity index (χ2v) is 5.57. The van der Waals surface area contributed by atoms with Crippen molar-refractivity contribution < 1.29 is 13.6 Å². The second kappa shape index (κ2) is 6.80. The van der Waals surface area contributed by atoms with Gasteiger partial charge in [-0.3, -0.25) is 4.79 Å². The Kier molecular flexibility index (Phi) is 5.07. The molecule has 0 fully saturated rings. The Labute approximate surface area is 130 Å². The SMILES string of the molecule is CNC(=O)CC(c1ccc(Br)cc1)c1ccc(F)c(F)c1. The Hall–Kier alpha value is -1.75. The Morgan fingerprint density at radius 1 is 1.10 bits per heavy atom. The van der Waals surface area contributed by atoms with Crippen LogP contribution < -0.4 is 5.32 Å². The molecule has 0 saturated carbocycles. The fraction of sp³-hybridized carbons (Fsp3) is 0.188. The average molecular weight is 354 g/mol. The zero-order chi connectivity index (χ0) is 15.4. The number of carbonyl (C=O) groups is 1. The van der Waals surface area contributed by atoms with E-state index in [1.54, 1.807) is 7.05 Å². The maximum Gasteiger partial charge on any atom is 0.220 e. The van der Waals surface area contributed by atoms with E-state index in [-0.39, 0.29) is 18.2 Å². The number of amides is 1. The number of benzene rings is 2. The highest BCUT2D eigenvalue weighted by atomic mass is 79.9. The van der Waals surface area contributed by atoms with Gasteiger partial charge in [0.1, 0.15) is 0 Å². The summed E-state index contributed by atoms with van der Waals surface area (Å²) in [5.41, 5.74) is 1.44. The van der Waals surface area contributed by atoms with Crippen LogP contribution >= 0.6 is 15.9 Å². The predicted octanol–water partition coefficient (Wildman–Crippen LogP) is 4.00. The highest BCUT2D eigenvalue weighted by molar-refractivity contribution is 9.10. The molecule has 1 N–H and O–H groups in total. The van der Waals surface area contributed by atoms with Gasteiger partial charge in [-0.1, -0.05) is 34.1 Å². The van der Waals surface area contributed by atoms with E-state index in [0.29, 0.717) is 5.56 Å². The van der Waals surface area contributed by atoms with E-state index >= 15 is 0 Å². The van der Waals surface area contributed by atoms with Gasteiger partial charge < -0.3 is 5.32 Å². The molecule has 0 aromatic heterocycles. The highest BCUT2D eigenvalue weighted by Crippen LogP contribution is 2.30. The first-order chi connectivity index (χ1) is 10.0. The molecule has 0 aliphatic carbocycles. The van der Waals surface area contributed by atoms with E-state index < -0.39 is 11.6 Å². The third-order valence-corrected chi connectivity index (χ3v) is 3.82. The van der Waals surface area contributed by atoms with Gasteiger partial charge in [0, 0.05) is 23.9 Å². The van der Waals surface area contributed by atoms with E-state index in [1.165, 1.54) is 6.07 Å². The van der Waals surface area contributed by atoms with Crippen molar-refractivity contribution in [1.82, 2.24) is 5.32 Å². The van der Waals surface area contributed by atoms with Gasteiger partial charge in [0.25, 0.3) is 0 Å². The van der Waals surface area contributed by atoms with Crippen molar-refractivity contribution in [3.63, 3.8) is 0 Å². The maximum atomic E-state index is 13.5. The molecule has 1 amide bonds. The third kappa shape index (κ3) is 3.88. The molecule has 2 aromatic rings. The van der Waals surface area contributed by atoms with Gasteiger partial charge in [-0.2, -0.15) is 0 Å². The molecule has 1 atom stereocenters. The summed E-state index contributed by atoms with van der Waals surface area (Å²) in [6, 6.07) is 11.2. The van der Waals surface area contributed by atoms with E-state index in [9.17, 15) is 13.6 Å². The predicted molar refractivity (Wildman–Crippen MR) is 81.0 cm³/mol. The molecule has 1 unspecified atom stereocenters. The molecule has 2 nitrogen and oxygen atoms in total. The van der Waals surface area contributed by atoms with Crippen LogP contribution in [0.15, 0.2) is 46.9 Å². The molecule has 5 heteroatoms. The van der Waals surface area contributed by atoms with Crippen LogP contribution in [-0.2, 0) is 4.79 Å². The summed E-state index contributed by atoms with van der Waals surface area (Å²) in [6.07, 6.45) is 0.170. The molecule has 0 aliphatic rings. The summed E-state index contributed by atoms with van der Waals surface area (Å²) >= 11 is 3.35. The molecular formula is C16H14BrF2NO. The first kappa shape index (κ1) is 15.6. The molecule has 0 bridgehead atoms. The molecule has 0 spiro atoms. The lowest BCUT2D eigenvalue weighted by Crippen LogP contribution is -2.21. The van der Waals surface area contributed by atoms with E-state index in [0.717, 1.165) is 22.2 Å². The summed E-state index contributed by atoms with van der Waals surface area (Å²) in [4.78, 5) is 11.7. The molecule has 0 radical (unpaired) electrons. The highest BCUT2D eigenvalue weighted by Gasteiger charge is 2.19. The smallest absolute Gasteiger partial charge is 0.220 e. The first-order valence-corrected chi connectivity index (χ1v) is 7.21. The van der Waals surface area contributed by atoms with Crippen LogP contribution in [0.2, 0.25) is 0 Å². The molecule has 110 valence electrons. The molecule has 0 heterocycles. The van der Waals surface area contributed by atoms with Crippen molar-refractivity contribution in [1.29, 1.82) is 0 Å². The van der Waals surface area contributed by atoms with E-state index in [4.69, 9.17) is 0 Å². The zero-order valence-corrected chi connectivity index (χ0v) is 13.0. The molecule has 21 heavy (non-hydrogen) atoms. The molecule has 2 rings (SSSR count). The molecular weight excluding hydrogens is 340 g/mol. The summed E-state index contributed by atoms with van der Waals surface area (Å²) in [5, 5.41) is 2.56. The molecule has 0 aliphatic heterocycles. The Bertz CT molecular complexity index is 643. The number of halogens is 3. The minimum absolute atomic E-state index is 0.160. The van der Waals surface area contributed by atoms with Gasteiger partial charge in [0.05, 0.1) is 0 Å². The topological polar surface area (TPSA) is 29.1 Å². The van der Waals surface area contributed by atoms with E-state index in [2.05, 4.69) is 21.2 Å². The summed E-state index contributed by atoms with van der Waals surface area (Å²) < 4.78 is 27.5. The van der Waals surface area contributed by atoms with Gasteiger partial charge in [-0.15, -0.1) is 0 Å². The second-order valence-electron chi connectivity index (χ2n) is 4.65. The minimum Gasteiger partial charge on any atom is -0.359 e. The van der Waals surface area contributed by atoms with E-state index in [1.807, 2.05) is 24.3 Å². The molecule has 0 saturated heterocycles. The van der Waals surface area contributed by atoms with Crippen molar-refractivity contribution in [3.8, 4) is 0 Å². The minimum atomic E-state index is -0.911. The summed E-state index contributed by atoms with van der Waals surface area (Å²) in [7, 11) is 1.55. The maximum absolute atomic E-state index is 13.5. The largest absolute Gasteiger partial charge is 0.359 e. The Morgan fingerprint density at radius 2 is 1.71 bits per heavy atom. The lowest BCUT2D eigenvalue weighted by Gasteiger charge is -2.17. The van der Waals surface area contributed by atoms with Crippen LogP contribution in [0.25, 0.3) is 0 Å². The van der Waals surface area contributed by atoms with Crippen molar-refractivity contribution >= 4 is 21.8 Å². The Morgan fingerprint density at radius 3 is 2.29 bits per heavy atom. The fourth-order valence-electron chi connectivity index (χ4n) is 2.14. The standard InChI is InChI=1S/C16H14BrF2NO/c1-20-16(21)9-13(10-2-5-12(17)6-3-10)11-4-7-14(18)15(19)8-11/h2-8,13H,9H2,1H3,(H,20,21).